The predicted octanol–water partition coefficient (Wildman–Crippen LogP) is 8.88. The standard InChI is InChI=1S/C28H41N3O.ClH/c1-3-5-6-7-8-9-10-11-12-13-14-16-23-18-19-24(30-23)21-27-28(32-4-2)22-26(31-27)25-17-15-20-29-25;/h15,17-22,29,31H,3-14,16H2,1-2H3;1H. The molecule has 33 heavy (non-hydrogen) atoms. The first-order valence-corrected chi connectivity index (χ1v) is 12.8. The molecule has 1 aliphatic heterocycles. The minimum atomic E-state index is 0. The third-order valence-corrected chi connectivity index (χ3v) is 6.05. The van der Waals surface area contributed by atoms with E-state index < -0.39 is 0 Å². The van der Waals surface area contributed by atoms with E-state index in [1.807, 2.05) is 19.2 Å². The molecule has 0 radical (unpaired) electrons. The van der Waals surface area contributed by atoms with Crippen LogP contribution in [0.2, 0.25) is 0 Å². The first-order chi connectivity index (χ1) is 15.8. The zero-order valence-corrected chi connectivity index (χ0v) is 21.3. The molecule has 0 bridgehead atoms. The van der Waals surface area contributed by atoms with Gasteiger partial charge in [0.15, 0.2) is 0 Å². The van der Waals surface area contributed by atoms with E-state index in [-0.39, 0.29) is 12.4 Å². The lowest BCUT2D eigenvalue weighted by molar-refractivity contribution is 0.340. The van der Waals surface area contributed by atoms with Crippen LogP contribution in [0.25, 0.3) is 17.5 Å². The lowest BCUT2D eigenvalue weighted by Crippen LogP contribution is -1.92. The third-order valence-electron chi connectivity index (χ3n) is 6.05. The van der Waals surface area contributed by atoms with E-state index in [0.717, 1.165) is 34.9 Å². The summed E-state index contributed by atoms with van der Waals surface area (Å²) in [6.45, 7) is 4.93. The van der Waals surface area contributed by atoms with Gasteiger partial charge in [0.25, 0.3) is 0 Å². The smallest absolute Gasteiger partial charge is 0.144 e. The van der Waals surface area contributed by atoms with Crippen LogP contribution in [0.15, 0.2) is 47.2 Å². The largest absolute Gasteiger partial charge is 0.492 e. The van der Waals surface area contributed by atoms with Crippen LogP contribution in [0.3, 0.4) is 0 Å². The number of aliphatic imine (C=N–C) groups is 1. The highest BCUT2D eigenvalue weighted by Gasteiger charge is 2.12. The maximum atomic E-state index is 5.83. The van der Waals surface area contributed by atoms with E-state index in [2.05, 4.69) is 47.3 Å². The Bertz CT molecular complexity index is 877. The SMILES string of the molecule is CCCCCCCCCCCCCC1=NC(=Cc2[nH]c(-c3ccc[nH]3)cc2OCC)C=C1.Cl. The highest BCUT2D eigenvalue weighted by Crippen LogP contribution is 2.29. The Morgan fingerprint density at radius 2 is 1.58 bits per heavy atom. The molecule has 1 aliphatic rings. The molecule has 0 spiro atoms. The van der Waals surface area contributed by atoms with E-state index in [1.165, 1.54) is 76.3 Å². The number of aromatic nitrogens is 2. The molecule has 0 saturated carbocycles. The Balaban J connectivity index is 0.00000385. The topological polar surface area (TPSA) is 53.2 Å². The molecule has 182 valence electrons. The monoisotopic (exact) mass is 471 g/mol. The van der Waals surface area contributed by atoms with Crippen LogP contribution in [0.4, 0.5) is 0 Å². The summed E-state index contributed by atoms with van der Waals surface area (Å²) < 4.78 is 5.83. The normalized spacial score (nSPS) is 14.0. The molecule has 0 fully saturated rings. The molecule has 0 saturated heterocycles. The van der Waals surface area contributed by atoms with E-state index in [1.54, 1.807) is 0 Å². The number of nitrogens with zero attached hydrogens (tertiary/aromatic N) is 1. The maximum absolute atomic E-state index is 5.83. The van der Waals surface area contributed by atoms with Crippen molar-refractivity contribution in [1.29, 1.82) is 0 Å². The Kier molecular flexibility index (Phi) is 12.8. The van der Waals surface area contributed by atoms with Crippen molar-refractivity contribution in [3.05, 3.63) is 47.9 Å². The summed E-state index contributed by atoms with van der Waals surface area (Å²) in [5.74, 6) is 0.868. The zero-order valence-electron chi connectivity index (χ0n) is 20.5. The van der Waals surface area contributed by atoms with Crippen LogP contribution >= 0.6 is 12.4 Å². The van der Waals surface area contributed by atoms with Gasteiger partial charge in [-0.25, -0.2) is 0 Å². The van der Waals surface area contributed by atoms with Crippen molar-refractivity contribution in [3.8, 4) is 17.1 Å². The Hall–Kier alpha value is -2.20. The van der Waals surface area contributed by atoms with Gasteiger partial charge in [-0.2, -0.15) is 0 Å². The average Bonchev–Trinajstić information content (AvgIpc) is 3.55. The zero-order chi connectivity index (χ0) is 22.4. The quantitative estimate of drug-likeness (QED) is 0.236. The second-order valence-corrected chi connectivity index (χ2v) is 8.77. The number of aromatic amines is 2. The van der Waals surface area contributed by atoms with Gasteiger partial charge in [0.05, 0.1) is 29.4 Å². The lowest BCUT2D eigenvalue weighted by atomic mass is 10.0. The first-order valence-electron chi connectivity index (χ1n) is 12.8. The van der Waals surface area contributed by atoms with Crippen molar-refractivity contribution >= 4 is 24.2 Å². The second-order valence-electron chi connectivity index (χ2n) is 8.77. The minimum Gasteiger partial charge on any atom is -0.492 e. The number of allylic oxidation sites excluding steroid dienone is 2. The van der Waals surface area contributed by atoms with Gasteiger partial charge >= 0.3 is 0 Å². The summed E-state index contributed by atoms with van der Waals surface area (Å²) in [5, 5.41) is 0. The number of H-pyrrole nitrogens is 2. The van der Waals surface area contributed by atoms with Crippen molar-refractivity contribution < 1.29 is 4.74 Å². The van der Waals surface area contributed by atoms with Gasteiger partial charge in [-0.3, -0.25) is 4.99 Å². The van der Waals surface area contributed by atoms with Crippen LogP contribution in [0, 0.1) is 0 Å². The van der Waals surface area contributed by atoms with Gasteiger partial charge in [-0.05, 0) is 50.1 Å². The Labute approximate surface area is 206 Å². The molecule has 2 N–H and O–H groups in total. The molecule has 4 nitrogen and oxygen atoms in total. The van der Waals surface area contributed by atoms with Crippen molar-refractivity contribution in [2.45, 2.75) is 90.9 Å². The molecule has 5 heteroatoms. The summed E-state index contributed by atoms with van der Waals surface area (Å²) in [4.78, 5) is 11.5. The van der Waals surface area contributed by atoms with Crippen molar-refractivity contribution in [3.63, 3.8) is 0 Å². The molecule has 2 aromatic heterocycles. The number of hydrogen-bond acceptors (Lipinski definition) is 2. The van der Waals surface area contributed by atoms with Gasteiger partial charge in [-0.1, -0.05) is 71.1 Å². The van der Waals surface area contributed by atoms with Crippen LogP contribution in [-0.4, -0.2) is 22.3 Å². The van der Waals surface area contributed by atoms with Crippen LogP contribution in [0.1, 0.15) is 96.6 Å². The third kappa shape index (κ3) is 9.29. The van der Waals surface area contributed by atoms with Gasteiger partial charge < -0.3 is 14.7 Å². The molecular formula is C28H42ClN3O. The fourth-order valence-electron chi connectivity index (χ4n) is 4.24. The molecule has 0 aliphatic carbocycles. The van der Waals surface area contributed by atoms with Crippen LogP contribution < -0.4 is 4.74 Å². The minimum absolute atomic E-state index is 0. The lowest BCUT2D eigenvalue weighted by Gasteiger charge is -2.02. The maximum Gasteiger partial charge on any atom is 0.144 e. The molecule has 2 aromatic rings. The molecule has 0 amide bonds. The van der Waals surface area contributed by atoms with E-state index in [9.17, 15) is 0 Å². The average molecular weight is 472 g/mol. The molecule has 0 unspecified atom stereocenters. The number of halogens is 1. The summed E-state index contributed by atoms with van der Waals surface area (Å²) in [5.41, 5.74) is 5.23. The fourth-order valence-corrected chi connectivity index (χ4v) is 4.24. The second kappa shape index (κ2) is 15.6. The highest BCUT2D eigenvalue weighted by atomic mass is 35.5. The summed E-state index contributed by atoms with van der Waals surface area (Å²) >= 11 is 0. The molecule has 0 atom stereocenters. The molecular weight excluding hydrogens is 430 g/mol. The molecule has 3 heterocycles. The number of hydrogen-bond donors (Lipinski definition) is 2. The Morgan fingerprint density at radius 3 is 2.21 bits per heavy atom. The Morgan fingerprint density at radius 1 is 0.879 bits per heavy atom. The predicted molar refractivity (Wildman–Crippen MR) is 145 cm³/mol. The van der Waals surface area contributed by atoms with Crippen molar-refractivity contribution in [2.24, 2.45) is 4.99 Å². The highest BCUT2D eigenvalue weighted by molar-refractivity contribution is 5.99. The molecule has 0 aromatic carbocycles. The summed E-state index contributed by atoms with van der Waals surface area (Å²) in [6, 6.07) is 6.10. The number of nitrogens with one attached hydrogen (secondary N) is 2. The number of rotatable bonds is 16. The van der Waals surface area contributed by atoms with Crippen molar-refractivity contribution in [2.75, 3.05) is 6.61 Å². The number of unbranched alkanes of at least 4 members (excludes halogenated alkanes) is 10. The van der Waals surface area contributed by atoms with E-state index >= 15 is 0 Å². The van der Waals surface area contributed by atoms with Crippen LogP contribution in [-0.2, 0) is 0 Å². The first kappa shape index (κ1) is 27.0. The van der Waals surface area contributed by atoms with Crippen molar-refractivity contribution in [1.82, 2.24) is 9.97 Å². The summed E-state index contributed by atoms with van der Waals surface area (Å²) in [7, 11) is 0. The fraction of sp³-hybridized carbons (Fsp3) is 0.536. The van der Waals surface area contributed by atoms with E-state index in [0.29, 0.717) is 6.61 Å². The van der Waals surface area contributed by atoms with Crippen LogP contribution in [0.5, 0.6) is 5.75 Å². The van der Waals surface area contributed by atoms with Gasteiger partial charge in [0.1, 0.15) is 5.75 Å². The number of ether oxygens (including phenoxy) is 1. The van der Waals surface area contributed by atoms with Gasteiger partial charge in [0.2, 0.25) is 0 Å². The summed E-state index contributed by atoms with van der Waals surface area (Å²) in [6.07, 6.45) is 24.5. The molecule has 3 rings (SSSR count). The van der Waals surface area contributed by atoms with Gasteiger partial charge in [0, 0.05) is 18.0 Å². The van der Waals surface area contributed by atoms with Gasteiger partial charge in [-0.15, -0.1) is 12.4 Å². The van der Waals surface area contributed by atoms with E-state index in [4.69, 9.17) is 9.73 Å².